The van der Waals surface area contributed by atoms with E-state index in [2.05, 4.69) is 11.3 Å². The summed E-state index contributed by atoms with van der Waals surface area (Å²) in [6, 6.07) is 13.2. The van der Waals surface area contributed by atoms with Crippen molar-refractivity contribution < 1.29 is 8.42 Å². The van der Waals surface area contributed by atoms with Gasteiger partial charge < -0.3 is 0 Å². The van der Waals surface area contributed by atoms with Gasteiger partial charge in [0, 0.05) is 10.7 Å². The average molecular weight is 308 g/mol. The summed E-state index contributed by atoms with van der Waals surface area (Å²) < 4.78 is 27.4. The van der Waals surface area contributed by atoms with E-state index < -0.39 is 10.0 Å². The molecule has 0 fully saturated rings. The summed E-state index contributed by atoms with van der Waals surface area (Å²) in [5.74, 6) is 0. The van der Waals surface area contributed by atoms with Crippen LogP contribution >= 0.6 is 11.6 Å². The zero-order chi connectivity index (χ0) is 14.8. The third-order valence-corrected chi connectivity index (χ3v) is 4.42. The minimum Gasteiger partial charge on any atom is -0.280 e. The SMILES string of the molecule is C=C(C)c1ccccc1S(=O)(=O)Nc1ccc(Cl)cc1. The molecule has 104 valence electrons. The van der Waals surface area contributed by atoms with Gasteiger partial charge in [0.05, 0.1) is 4.90 Å². The molecule has 0 heterocycles. The highest BCUT2D eigenvalue weighted by molar-refractivity contribution is 7.92. The highest BCUT2D eigenvalue weighted by Crippen LogP contribution is 2.24. The molecule has 0 bridgehead atoms. The van der Waals surface area contributed by atoms with Gasteiger partial charge in [-0.3, -0.25) is 4.72 Å². The van der Waals surface area contributed by atoms with E-state index in [1.54, 1.807) is 55.5 Å². The quantitative estimate of drug-likeness (QED) is 0.921. The molecule has 20 heavy (non-hydrogen) atoms. The van der Waals surface area contributed by atoms with E-state index >= 15 is 0 Å². The molecule has 0 aliphatic heterocycles. The maximum Gasteiger partial charge on any atom is 0.262 e. The van der Waals surface area contributed by atoms with Crippen LogP contribution in [0.1, 0.15) is 12.5 Å². The second kappa shape index (κ2) is 5.69. The van der Waals surface area contributed by atoms with Crippen molar-refractivity contribution in [2.45, 2.75) is 11.8 Å². The van der Waals surface area contributed by atoms with Gasteiger partial charge in [-0.05, 0) is 48.4 Å². The van der Waals surface area contributed by atoms with Crippen LogP contribution in [0.25, 0.3) is 5.57 Å². The van der Waals surface area contributed by atoms with Crippen molar-refractivity contribution in [2.75, 3.05) is 4.72 Å². The summed E-state index contributed by atoms with van der Waals surface area (Å²) in [7, 11) is -3.66. The highest BCUT2D eigenvalue weighted by atomic mass is 35.5. The number of nitrogens with one attached hydrogen (secondary N) is 1. The fourth-order valence-electron chi connectivity index (χ4n) is 1.78. The molecule has 0 spiro atoms. The zero-order valence-electron chi connectivity index (χ0n) is 10.9. The lowest BCUT2D eigenvalue weighted by Crippen LogP contribution is -2.14. The maximum atomic E-state index is 12.4. The van der Waals surface area contributed by atoms with E-state index in [9.17, 15) is 8.42 Å². The summed E-state index contributed by atoms with van der Waals surface area (Å²) in [5, 5.41) is 0.551. The number of hydrogen-bond acceptors (Lipinski definition) is 2. The van der Waals surface area contributed by atoms with E-state index in [1.807, 2.05) is 0 Å². The lowest BCUT2D eigenvalue weighted by molar-refractivity contribution is 0.601. The summed E-state index contributed by atoms with van der Waals surface area (Å²) in [6.07, 6.45) is 0. The molecule has 1 N–H and O–H groups in total. The Kier molecular flexibility index (Phi) is 4.16. The average Bonchev–Trinajstić information content (AvgIpc) is 2.41. The second-order valence-corrected chi connectivity index (χ2v) is 6.48. The molecule has 0 saturated carbocycles. The van der Waals surface area contributed by atoms with Crippen molar-refractivity contribution in [3.05, 3.63) is 65.7 Å². The minimum absolute atomic E-state index is 0.211. The minimum atomic E-state index is -3.66. The number of hydrogen-bond donors (Lipinski definition) is 1. The highest BCUT2D eigenvalue weighted by Gasteiger charge is 2.18. The number of halogens is 1. The molecule has 0 amide bonds. The summed E-state index contributed by atoms with van der Waals surface area (Å²) in [6.45, 7) is 5.58. The smallest absolute Gasteiger partial charge is 0.262 e. The van der Waals surface area contributed by atoms with Gasteiger partial charge in [-0.15, -0.1) is 0 Å². The maximum absolute atomic E-state index is 12.4. The predicted molar refractivity (Wildman–Crippen MR) is 83.4 cm³/mol. The van der Waals surface area contributed by atoms with Gasteiger partial charge in [0.1, 0.15) is 0 Å². The molecule has 5 heteroatoms. The molecule has 0 aliphatic rings. The summed E-state index contributed by atoms with van der Waals surface area (Å²) in [5.41, 5.74) is 1.77. The molecule has 0 aliphatic carbocycles. The van der Waals surface area contributed by atoms with Crippen molar-refractivity contribution in [3.63, 3.8) is 0 Å². The van der Waals surface area contributed by atoms with Crippen LogP contribution in [0.2, 0.25) is 5.02 Å². The Morgan fingerprint density at radius 2 is 1.70 bits per heavy atom. The molecule has 2 aromatic carbocycles. The predicted octanol–water partition coefficient (Wildman–Crippen LogP) is 4.17. The molecule has 2 aromatic rings. The number of allylic oxidation sites excluding steroid dienone is 1. The first-order valence-electron chi connectivity index (χ1n) is 5.93. The van der Waals surface area contributed by atoms with E-state index in [0.29, 0.717) is 21.8 Å². The normalized spacial score (nSPS) is 11.1. The molecule has 2 rings (SSSR count). The molecule has 0 atom stereocenters. The van der Waals surface area contributed by atoms with Crippen LogP contribution in [-0.2, 0) is 10.0 Å². The second-order valence-electron chi connectivity index (χ2n) is 4.39. The molecule has 0 aromatic heterocycles. The monoisotopic (exact) mass is 307 g/mol. The summed E-state index contributed by atoms with van der Waals surface area (Å²) in [4.78, 5) is 0.211. The molecule has 0 saturated heterocycles. The standard InChI is InChI=1S/C15H14ClNO2S/c1-11(2)14-5-3-4-6-15(14)20(18,19)17-13-9-7-12(16)8-10-13/h3-10,17H,1H2,2H3. The van der Waals surface area contributed by atoms with Crippen molar-refractivity contribution in [3.8, 4) is 0 Å². The van der Waals surface area contributed by atoms with E-state index in [0.717, 1.165) is 0 Å². The Morgan fingerprint density at radius 3 is 2.30 bits per heavy atom. The molecular formula is C15H14ClNO2S. The molecular weight excluding hydrogens is 294 g/mol. The Labute approximate surface area is 124 Å². The largest absolute Gasteiger partial charge is 0.280 e. The Morgan fingerprint density at radius 1 is 1.10 bits per heavy atom. The number of anilines is 1. The Bertz CT molecular complexity index is 737. The first-order chi connectivity index (χ1) is 9.40. The number of sulfonamides is 1. The van der Waals surface area contributed by atoms with Crippen LogP contribution < -0.4 is 4.72 Å². The first kappa shape index (κ1) is 14.6. The molecule has 3 nitrogen and oxygen atoms in total. The van der Waals surface area contributed by atoms with Crippen LogP contribution in [-0.4, -0.2) is 8.42 Å². The zero-order valence-corrected chi connectivity index (χ0v) is 12.5. The number of benzene rings is 2. The van der Waals surface area contributed by atoms with Crippen LogP contribution in [0, 0.1) is 0 Å². The van der Waals surface area contributed by atoms with Gasteiger partial charge in [0.15, 0.2) is 0 Å². The molecule has 0 unspecified atom stereocenters. The topological polar surface area (TPSA) is 46.2 Å². The van der Waals surface area contributed by atoms with Crippen LogP contribution in [0.3, 0.4) is 0 Å². The van der Waals surface area contributed by atoms with Crippen molar-refractivity contribution in [1.82, 2.24) is 0 Å². The van der Waals surface area contributed by atoms with Crippen molar-refractivity contribution >= 4 is 32.9 Å². The first-order valence-corrected chi connectivity index (χ1v) is 7.79. The van der Waals surface area contributed by atoms with E-state index in [-0.39, 0.29) is 4.90 Å². The summed E-state index contributed by atoms with van der Waals surface area (Å²) >= 11 is 5.78. The van der Waals surface area contributed by atoms with Crippen LogP contribution in [0.4, 0.5) is 5.69 Å². The lowest BCUT2D eigenvalue weighted by atomic mass is 10.1. The van der Waals surface area contributed by atoms with Gasteiger partial charge in [-0.1, -0.05) is 36.4 Å². The van der Waals surface area contributed by atoms with Gasteiger partial charge in [0.2, 0.25) is 0 Å². The third kappa shape index (κ3) is 3.21. The van der Waals surface area contributed by atoms with Gasteiger partial charge in [0.25, 0.3) is 10.0 Å². The molecule has 0 radical (unpaired) electrons. The number of rotatable bonds is 4. The fourth-order valence-corrected chi connectivity index (χ4v) is 3.25. The Balaban J connectivity index is 2.41. The van der Waals surface area contributed by atoms with Crippen LogP contribution in [0.15, 0.2) is 60.0 Å². The fraction of sp³-hybridized carbons (Fsp3) is 0.0667. The van der Waals surface area contributed by atoms with Crippen LogP contribution in [0.5, 0.6) is 0 Å². The lowest BCUT2D eigenvalue weighted by Gasteiger charge is -2.12. The van der Waals surface area contributed by atoms with Crippen molar-refractivity contribution in [2.24, 2.45) is 0 Å². The van der Waals surface area contributed by atoms with E-state index in [1.165, 1.54) is 0 Å². The Hall–Kier alpha value is -1.78. The van der Waals surface area contributed by atoms with Gasteiger partial charge in [-0.2, -0.15) is 0 Å². The van der Waals surface area contributed by atoms with Gasteiger partial charge in [-0.25, -0.2) is 8.42 Å². The van der Waals surface area contributed by atoms with E-state index in [4.69, 9.17) is 11.6 Å². The van der Waals surface area contributed by atoms with Crippen molar-refractivity contribution in [1.29, 1.82) is 0 Å². The van der Waals surface area contributed by atoms with Gasteiger partial charge >= 0.3 is 0 Å². The third-order valence-electron chi connectivity index (χ3n) is 2.73.